The van der Waals surface area contributed by atoms with Gasteiger partial charge in [0.15, 0.2) is 0 Å². The van der Waals surface area contributed by atoms with E-state index in [9.17, 15) is 13.2 Å². The molecule has 0 radical (unpaired) electrons. The normalized spacial score (nSPS) is 15.6. The van der Waals surface area contributed by atoms with Crippen molar-refractivity contribution in [2.45, 2.75) is 17.1 Å². The highest BCUT2D eigenvalue weighted by Gasteiger charge is 2.31. The summed E-state index contributed by atoms with van der Waals surface area (Å²) < 4.78 is 34.1. The smallest absolute Gasteiger partial charge is 0.317 e. The van der Waals surface area contributed by atoms with Crippen molar-refractivity contribution in [3.8, 4) is 16.3 Å². The lowest BCUT2D eigenvalue weighted by Crippen LogP contribution is -2.35. The van der Waals surface area contributed by atoms with Crippen LogP contribution in [0.25, 0.3) is 10.6 Å². The van der Waals surface area contributed by atoms with Crippen LogP contribution in [0, 0.1) is 0 Å². The summed E-state index contributed by atoms with van der Waals surface area (Å²) in [7, 11) is -2.11. The fourth-order valence-electron chi connectivity index (χ4n) is 4.23. The number of amides is 2. The molecule has 1 saturated heterocycles. The number of sulfonamides is 1. The van der Waals surface area contributed by atoms with E-state index in [0.717, 1.165) is 29.0 Å². The van der Waals surface area contributed by atoms with E-state index in [0.29, 0.717) is 50.1 Å². The molecule has 2 aliphatic rings. The molecule has 0 bridgehead atoms. The van der Waals surface area contributed by atoms with Crippen LogP contribution in [0.3, 0.4) is 0 Å². The fraction of sp³-hybridized carbons (Fsp3) is 0.348. The number of methoxy groups -OCH3 is 1. The lowest BCUT2D eigenvalue weighted by molar-refractivity contribution is 0.219. The zero-order valence-corrected chi connectivity index (χ0v) is 20.9. The van der Waals surface area contributed by atoms with Crippen LogP contribution in [0.2, 0.25) is 0 Å². The van der Waals surface area contributed by atoms with Gasteiger partial charge in [0.05, 0.1) is 23.4 Å². The molecule has 5 rings (SSSR count). The molecular formula is C23H26N6O4S2. The van der Waals surface area contributed by atoms with Gasteiger partial charge in [0, 0.05) is 38.9 Å². The third kappa shape index (κ3) is 4.76. The molecule has 1 fully saturated rings. The Balaban J connectivity index is 1.32. The summed E-state index contributed by atoms with van der Waals surface area (Å²) in [6.07, 6.45) is 3.19. The number of nitrogens with zero attached hydrogens (tertiary/aromatic N) is 4. The fourth-order valence-corrected chi connectivity index (χ4v) is 7.16. The van der Waals surface area contributed by atoms with Crippen LogP contribution in [0.1, 0.15) is 12.0 Å². The van der Waals surface area contributed by atoms with E-state index in [1.165, 1.54) is 15.6 Å². The average molecular weight is 515 g/mol. The largest absolute Gasteiger partial charge is 0.497 e. The Morgan fingerprint density at radius 1 is 1.20 bits per heavy atom. The molecule has 2 amide bonds. The second-order valence-corrected chi connectivity index (χ2v) is 11.4. The molecule has 0 spiro atoms. The van der Waals surface area contributed by atoms with Crippen molar-refractivity contribution in [3.05, 3.63) is 48.2 Å². The molecule has 2 N–H and O–H groups in total. The Labute approximate surface area is 208 Å². The molecule has 4 heterocycles. The van der Waals surface area contributed by atoms with Crippen LogP contribution in [0.5, 0.6) is 5.75 Å². The maximum atomic E-state index is 13.5. The number of benzene rings is 1. The van der Waals surface area contributed by atoms with Gasteiger partial charge in [-0.15, -0.1) is 11.3 Å². The van der Waals surface area contributed by atoms with E-state index >= 15 is 0 Å². The van der Waals surface area contributed by atoms with E-state index in [1.54, 1.807) is 42.5 Å². The van der Waals surface area contributed by atoms with Crippen molar-refractivity contribution >= 4 is 39.0 Å². The van der Waals surface area contributed by atoms with Crippen molar-refractivity contribution in [2.75, 3.05) is 49.5 Å². The van der Waals surface area contributed by atoms with Gasteiger partial charge >= 0.3 is 6.03 Å². The van der Waals surface area contributed by atoms with E-state index in [4.69, 9.17) is 4.74 Å². The van der Waals surface area contributed by atoms with Gasteiger partial charge in [-0.1, -0.05) is 0 Å². The van der Waals surface area contributed by atoms with Crippen LogP contribution in [-0.2, 0) is 16.4 Å². The Morgan fingerprint density at radius 3 is 2.89 bits per heavy atom. The minimum Gasteiger partial charge on any atom is -0.497 e. The van der Waals surface area contributed by atoms with Crippen molar-refractivity contribution in [1.29, 1.82) is 0 Å². The van der Waals surface area contributed by atoms with Crippen LogP contribution in [0.4, 0.5) is 16.4 Å². The summed E-state index contributed by atoms with van der Waals surface area (Å²) in [5.41, 5.74) is 2.30. The third-order valence-corrected chi connectivity index (χ3v) is 9.39. The molecule has 3 aromatic rings. The maximum absolute atomic E-state index is 13.5. The number of carbonyl (C=O) groups is 1. The van der Waals surface area contributed by atoms with E-state index in [-0.39, 0.29) is 10.2 Å². The summed E-state index contributed by atoms with van der Waals surface area (Å²) in [5.74, 6) is 1.15. The third-order valence-electron chi connectivity index (χ3n) is 6.01. The Hall–Kier alpha value is -3.38. The predicted octanol–water partition coefficient (Wildman–Crippen LogP) is 2.79. The predicted molar refractivity (Wildman–Crippen MR) is 135 cm³/mol. The molecule has 10 nitrogen and oxygen atoms in total. The second kappa shape index (κ2) is 9.70. The number of hydrogen-bond donors (Lipinski definition) is 2. The summed E-state index contributed by atoms with van der Waals surface area (Å²) in [6, 6.07) is 10.6. The number of nitrogens with one attached hydrogen (secondary N) is 2. The molecule has 0 aliphatic carbocycles. The van der Waals surface area contributed by atoms with Gasteiger partial charge in [0.2, 0.25) is 5.95 Å². The van der Waals surface area contributed by atoms with Crippen LogP contribution < -0.4 is 19.7 Å². The first-order valence-electron chi connectivity index (χ1n) is 11.4. The topological polar surface area (TPSA) is 117 Å². The number of carbonyl (C=O) groups excluding carboxylic acids is 1. The van der Waals surface area contributed by atoms with Crippen molar-refractivity contribution in [2.24, 2.45) is 0 Å². The first kappa shape index (κ1) is 23.4. The molecule has 0 atom stereocenters. The number of ether oxygens (including phenoxy) is 1. The molecular weight excluding hydrogens is 488 g/mol. The van der Waals surface area contributed by atoms with Gasteiger partial charge in [-0.25, -0.2) is 23.2 Å². The molecule has 2 aliphatic heterocycles. The van der Waals surface area contributed by atoms with Crippen molar-refractivity contribution in [1.82, 2.24) is 20.2 Å². The Bertz CT molecular complexity index is 1340. The highest BCUT2D eigenvalue weighted by Crippen LogP contribution is 2.37. The summed E-state index contributed by atoms with van der Waals surface area (Å²) in [5, 5.41) is 5.90. The summed E-state index contributed by atoms with van der Waals surface area (Å²) in [4.78, 5) is 22.9. The molecule has 2 aromatic heterocycles. The zero-order valence-electron chi connectivity index (χ0n) is 19.2. The van der Waals surface area contributed by atoms with Crippen LogP contribution in [-0.4, -0.2) is 69.2 Å². The quantitative estimate of drug-likeness (QED) is 0.475. The van der Waals surface area contributed by atoms with E-state index in [1.807, 2.05) is 12.1 Å². The molecule has 0 unspecified atom stereocenters. The molecule has 35 heavy (non-hydrogen) atoms. The van der Waals surface area contributed by atoms with Crippen molar-refractivity contribution < 1.29 is 17.9 Å². The van der Waals surface area contributed by atoms with E-state index < -0.39 is 10.0 Å². The number of aryl methyl sites for hydroxylation is 1. The minimum absolute atomic E-state index is 0.0655. The number of fused-ring (bicyclic) bond motifs is 1. The van der Waals surface area contributed by atoms with Gasteiger partial charge in [-0.05, 0) is 54.8 Å². The number of thiophene rings is 1. The highest BCUT2D eigenvalue weighted by atomic mass is 32.2. The standard InChI is InChI=1S/C23H26N6O4S2/c1-33-17-4-5-19-16(15-17)3-2-12-29(19)35(31,32)21-7-6-20(34-21)18-8-9-24-22(27-18)25-10-13-28-14-11-26-23(28)30/h4-9,15H,2-3,10-14H2,1H3,(H,26,30)(H,24,25,27). The van der Waals surface area contributed by atoms with Gasteiger partial charge in [-0.3, -0.25) is 4.31 Å². The number of urea groups is 1. The molecule has 1 aromatic carbocycles. The molecule has 184 valence electrons. The lowest BCUT2D eigenvalue weighted by Gasteiger charge is -2.30. The maximum Gasteiger partial charge on any atom is 0.317 e. The average Bonchev–Trinajstić information content (AvgIpc) is 3.53. The minimum atomic E-state index is -3.71. The number of anilines is 2. The van der Waals surface area contributed by atoms with E-state index in [2.05, 4.69) is 20.6 Å². The van der Waals surface area contributed by atoms with Crippen LogP contribution in [0.15, 0.2) is 46.8 Å². The number of aromatic nitrogens is 2. The highest BCUT2D eigenvalue weighted by molar-refractivity contribution is 7.94. The number of rotatable bonds is 8. The Morgan fingerprint density at radius 2 is 2.09 bits per heavy atom. The van der Waals surface area contributed by atoms with Crippen molar-refractivity contribution in [3.63, 3.8) is 0 Å². The van der Waals surface area contributed by atoms with Crippen LogP contribution >= 0.6 is 11.3 Å². The molecule has 0 saturated carbocycles. The lowest BCUT2D eigenvalue weighted by atomic mass is 10.0. The first-order valence-corrected chi connectivity index (χ1v) is 13.6. The summed E-state index contributed by atoms with van der Waals surface area (Å²) in [6.45, 7) is 2.84. The van der Waals surface area contributed by atoms with Gasteiger partial charge in [-0.2, -0.15) is 0 Å². The van der Waals surface area contributed by atoms with Gasteiger partial charge < -0.3 is 20.3 Å². The second-order valence-electron chi connectivity index (χ2n) is 8.21. The molecule has 12 heteroatoms. The number of hydrogen-bond acceptors (Lipinski definition) is 8. The summed E-state index contributed by atoms with van der Waals surface area (Å²) >= 11 is 1.19. The van der Waals surface area contributed by atoms with Gasteiger partial charge in [0.1, 0.15) is 9.96 Å². The first-order chi connectivity index (χ1) is 17.0. The SMILES string of the molecule is COc1ccc2c(c1)CCCN2S(=O)(=O)c1ccc(-c2ccnc(NCCN3CCNC3=O)n2)s1. The van der Waals surface area contributed by atoms with Gasteiger partial charge in [0.25, 0.3) is 10.0 Å². The zero-order chi connectivity index (χ0) is 24.4. The Kier molecular flexibility index (Phi) is 6.48. The monoisotopic (exact) mass is 514 g/mol.